The van der Waals surface area contributed by atoms with Gasteiger partial charge in [-0.3, -0.25) is 4.98 Å². The number of halogens is 1. The Bertz CT molecular complexity index is 560. The molecule has 18 heavy (non-hydrogen) atoms. The predicted molar refractivity (Wildman–Crippen MR) is 67.2 cm³/mol. The summed E-state index contributed by atoms with van der Waals surface area (Å²) in [5, 5.41) is 8.71. The first-order chi connectivity index (χ1) is 8.66. The van der Waals surface area contributed by atoms with Crippen LogP contribution < -0.4 is 0 Å². The van der Waals surface area contributed by atoms with E-state index < -0.39 is 11.8 Å². The second-order valence-corrected chi connectivity index (χ2v) is 4.64. The standard InChI is InChI=1S/C13H10FNO2S/c14-12-7-9(1-2-11(12)13(16)17)8-18-10-3-5-15-6-4-10/h1-7H,8H2,(H,16,17). The molecule has 0 bridgehead atoms. The Morgan fingerprint density at radius 1 is 1.28 bits per heavy atom. The molecule has 0 aliphatic carbocycles. The molecular formula is C13H10FNO2S. The van der Waals surface area contributed by atoms with E-state index in [1.165, 1.54) is 12.1 Å². The van der Waals surface area contributed by atoms with Gasteiger partial charge in [0.05, 0.1) is 5.56 Å². The van der Waals surface area contributed by atoms with Gasteiger partial charge in [0.1, 0.15) is 5.82 Å². The summed E-state index contributed by atoms with van der Waals surface area (Å²) in [6, 6.07) is 7.91. The van der Waals surface area contributed by atoms with Crippen molar-refractivity contribution in [2.75, 3.05) is 0 Å². The van der Waals surface area contributed by atoms with E-state index in [2.05, 4.69) is 4.98 Å². The average molecular weight is 263 g/mol. The third-order valence-corrected chi connectivity index (χ3v) is 3.40. The Hall–Kier alpha value is -1.88. The number of carboxylic acids is 1. The fourth-order valence-electron chi connectivity index (χ4n) is 1.42. The highest BCUT2D eigenvalue weighted by Gasteiger charge is 2.10. The molecule has 5 heteroatoms. The van der Waals surface area contributed by atoms with E-state index in [4.69, 9.17) is 5.11 Å². The number of pyridine rings is 1. The molecule has 1 aromatic carbocycles. The molecule has 1 heterocycles. The summed E-state index contributed by atoms with van der Waals surface area (Å²) in [5.74, 6) is -1.36. The van der Waals surface area contributed by atoms with Crippen LogP contribution in [0.25, 0.3) is 0 Å². The number of hydrogen-bond acceptors (Lipinski definition) is 3. The Labute approximate surface area is 108 Å². The zero-order valence-corrected chi connectivity index (χ0v) is 10.2. The van der Waals surface area contributed by atoms with Crippen molar-refractivity contribution in [3.05, 3.63) is 59.7 Å². The maximum Gasteiger partial charge on any atom is 0.338 e. The Morgan fingerprint density at radius 3 is 2.61 bits per heavy atom. The summed E-state index contributed by atoms with van der Waals surface area (Å²) < 4.78 is 13.4. The maximum absolute atomic E-state index is 13.4. The highest BCUT2D eigenvalue weighted by molar-refractivity contribution is 7.98. The van der Waals surface area contributed by atoms with Gasteiger partial charge in [-0.25, -0.2) is 9.18 Å². The number of aromatic carboxylic acids is 1. The topological polar surface area (TPSA) is 50.2 Å². The number of hydrogen-bond donors (Lipinski definition) is 1. The zero-order chi connectivity index (χ0) is 13.0. The summed E-state index contributed by atoms with van der Waals surface area (Å²) in [6.45, 7) is 0. The smallest absolute Gasteiger partial charge is 0.338 e. The van der Waals surface area contributed by atoms with Gasteiger partial charge in [0.15, 0.2) is 0 Å². The van der Waals surface area contributed by atoms with Crippen molar-refractivity contribution in [3.63, 3.8) is 0 Å². The quantitative estimate of drug-likeness (QED) is 0.860. The lowest BCUT2D eigenvalue weighted by Crippen LogP contribution is -2.00. The fraction of sp³-hybridized carbons (Fsp3) is 0.0769. The average Bonchev–Trinajstić information content (AvgIpc) is 2.37. The molecule has 2 aromatic rings. The molecule has 3 nitrogen and oxygen atoms in total. The van der Waals surface area contributed by atoms with Crippen molar-refractivity contribution >= 4 is 17.7 Å². The molecule has 0 saturated carbocycles. The number of nitrogens with zero attached hydrogens (tertiary/aromatic N) is 1. The van der Waals surface area contributed by atoms with Gasteiger partial charge in [0, 0.05) is 23.0 Å². The van der Waals surface area contributed by atoms with E-state index in [1.54, 1.807) is 30.2 Å². The van der Waals surface area contributed by atoms with Crippen molar-refractivity contribution < 1.29 is 14.3 Å². The first-order valence-corrected chi connectivity index (χ1v) is 6.20. The van der Waals surface area contributed by atoms with Crippen LogP contribution in [0.4, 0.5) is 4.39 Å². The minimum atomic E-state index is -1.25. The van der Waals surface area contributed by atoms with E-state index >= 15 is 0 Å². The van der Waals surface area contributed by atoms with E-state index in [0.29, 0.717) is 5.75 Å². The van der Waals surface area contributed by atoms with E-state index in [-0.39, 0.29) is 5.56 Å². The van der Waals surface area contributed by atoms with Crippen LogP contribution in [0.2, 0.25) is 0 Å². The van der Waals surface area contributed by atoms with E-state index in [1.807, 2.05) is 12.1 Å². The van der Waals surface area contributed by atoms with Gasteiger partial charge in [-0.2, -0.15) is 0 Å². The van der Waals surface area contributed by atoms with Crippen LogP contribution in [-0.4, -0.2) is 16.1 Å². The van der Waals surface area contributed by atoms with Crippen LogP contribution >= 0.6 is 11.8 Å². The molecule has 0 spiro atoms. The first kappa shape index (κ1) is 12.6. The highest BCUT2D eigenvalue weighted by Crippen LogP contribution is 2.22. The number of benzene rings is 1. The lowest BCUT2D eigenvalue weighted by Gasteiger charge is -2.03. The number of aromatic nitrogens is 1. The Morgan fingerprint density at radius 2 is 2.00 bits per heavy atom. The summed E-state index contributed by atoms with van der Waals surface area (Å²) >= 11 is 1.54. The van der Waals surface area contributed by atoms with Crippen molar-refractivity contribution in [2.45, 2.75) is 10.6 Å². The molecule has 0 aliphatic rings. The third-order valence-electron chi connectivity index (χ3n) is 2.32. The number of rotatable bonds is 4. The van der Waals surface area contributed by atoms with Crippen LogP contribution in [0.1, 0.15) is 15.9 Å². The Balaban J connectivity index is 2.07. The van der Waals surface area contributed by atoms with Gasteiger partial charge in [0.25, 0.3) is 0 Å². The van der Waals surface area contributed by atoms with E-state index in [0.717, 1.165) is 10.5 Å². The normalized spacial score (nSPS) is 10.3. The summed E-state index contributed by atoms with van der Waals surface area (Å²) in [7, 11) is 0. The van der Waals surface area contributed by atoms with Gasteiger partial charge < -0.3 is 5.11 Å². The van der Waals surface area contributed by atoms with Crippen molar-refractivity contribution in [2.24, 2.45) is 0 Å². The van der Waals surface area contributed by atoms with Crippen LogP contribution in [0, 0.1) is 5.82 Å². The summed E-state index contributed by atoms with van der Waals surface area (Å²) in [5.41, 5.74) is 0.451. The van der Waals surface area contributed by atoms with Crippen LogP contribution in [-0.2, 0) is 5.75 Å². The number of thioether (sulfide) groups is 1. The summed E-state index contributed by atoms with van der Waals surface area (Å²) in [4.78, 5) is 15.6. The summed E-state index contributed by atoms with van der Waals surface area (Å²) in [6.07, 6.45) is 3.38. The van der Waals surface area contributed by atoms with Gasteiger partial charge in [-0.15, -0.1) is 11.8 Å². The van der Waals surface area contributed by atoms with Gasteiger partial charge in [-0.1, -0.05) is 6.07 Å². The lowest BCUT2D eigenvalue weighted by atomic mass is 10.1. The number of carboxylic acid groups (broad SMARTS) is 1. The number of carbonyl (C=O) groups is 1. The largest absolute Gasteiger partial charge is 0.478 e. The van der Waals surface area contributed by atoms with Crippen molar-refractivity contribution in [1.82, 2.24) is 4.98 Å². The molecule has 0 radical (unpaired) electrons. The van der Waals surface area contributed by atoms with Crippen LogP contribution in [0.3, 0.4) is 0 Å². The van der Waals surface area contributed by atoms with Crippen LogP contribution in [0.15, 0.2) is 47.6 Å². The van der Waals surface area contributed by atoms with Crippen molar-refractivity contribution in [3.8, 4) is 0 Å². The second-order valence-electron chi connectivity index (χ2n) is 3.59. The molecule has 2 rings (SSSR count). The predicted octanol–water partition coefficient (Wildman–Crippen LogP) is 3.21. The van der Waals surface area contributed by atoms with Gasteiger partial charge >= 0.3 is 5.97 Å². The molecule has 0 atom stereocenters. The third kappa shape index (κ3) is 3.07. The molecule has 0 amide bonds. The molecular weight excluding hydrogens is 253 g/mol. The van der Waals surface area contributed by atoms with Crippen molar-refractivity contribution in [1.29, 1.82) is 0 Å². The minimum Gasteiger partial charge on any atom is -0.478 e. The van der Waals surface area contributed by atoms with Gasteiger partial charge in [0.2, 0.25) is 0 Å². The second kappa shape index (κ2) is 5.64. The molecule has 1 aromatic heterocycles. The monoisotopic (exact) mass is 263 g/mol. The molecule has 0 saturated heterocycles. The highest BCUT2D eigenvalue weighted by atomic mass is 32.2. The molecule has 1 N–H and O–H groups in total. The zero-order valence-electron chi connectivity index (χ0n) is 9.34. The Kier molecular flexibility index (Phi) is 3.94. The molecule has 92 valence electrons. The van der Waals surface area contributed by atoms with Gasteiger partial charge in [-0.05, 0) is 29.8 Å². The fourth-order valence-corrected chi connectivity index (χ4v) is 2.25. The SMILES string of the molecule is O=C(O)c1ccc(CSc2ccncc2)cc1F. The molecule has 0 unspecified atom stereocenters. The van der Waals surface area contributed by atoms with Crippen LogP contribution in [0.5, 0.6) is 0 Å². The minimum absolute atomic E-state index is 0.298. The lowest BCUT2D eigenvalue weighted by molar-refractivity contribution is 0.0692. The molecule has 0 aliphatic heterocycles. The van der Waals surface area contributed by atoms with E-state index in [9.17, 15) is 9.18 Å². The first-order valence-electron chi connectivity index (χ1n) is 5.21. The maximum atomic E-state index is 13.4. The molecule has 0 fully saturated rings.